The lowest BCUT2D eigenvalue weighted by Gasteiger charge is -2.15. The highest BCUT2D eigenvalue weighted by atomic mass is 16.5. The lowest BCUT2D eigenvalue weighted by molar-refractivity contribution is -0.120. The van der Waals surface area contributed by atoms with Crippen molar-refractivity contribution in [3.8, 4) is 0 Å². The predicted octanol–water partition coefficient (Wildman–Crippen LogP) is 0.152. The zero-order valence-corrected chi connectivity index (χ0v) is 9.56. The van der Waals surface area contributed by atoms with Crippen LogP contribution in [0.1, 0.15) is 17.3 Å². The zero-order chi connectivity index (χ0) is 12.0. The summed E-state index contributed by atoms with van der Waals surface area (Å²) in [6.07, 6.45) is 1.66. The molecule has 1 amide bonds. The molecule has 0 aliphatic carbocycles. The smallest absolute Gasteiger partial charge is 0.239 e. The second-order valence-corrected chi connectivity index (χ2v) is 3.52. The van der Waals surface area contributed by atoms with Crippen LogP contribution in [0.2, 0.25) is 0 Å². The molecule has 0 spiro atoms. The third-order valence-electron chi connectivity index (χ3n) is 2.21. The van der Waals surface area contributed by atoms with Gasteiger partial charge >= 0.3 is 0 Å². The quantitative estimate of drug-likeness (QED) is 0.673. The van der Waals surface area contributed by atoms with Crippen molar-refractivity contribution in [1.29, 1.82) is 0 Å². The molecule has 0 radical (unpaired) electrons. The Balaban J connectivity index is 2.69. The number of nitrogens with zero attached hydrogens (tertiary/aromatic N) is 1. The minimum Gasteiger partial charge on any atom is -0.383 e. The highest BCUT2D eigenvalue weighted by Gasteiger charge is 2.16. The van der Waals surface area contributed by atoms with Crippen molar-refractivity contribution in [2.24, 2.45) is 5.73 Å². The fraction of sp³-hybridized carbons (Fsp3) is 0.455. The first kappa shape index (κ1) is 12.6. The highest BCUT2D eigenvalue weighted by molar-refractivity contribution is 5.81. The van der Waals surface area contributed by atoms with Crippen LogP contribution in [0.4, 0.5) is 0 Å². The number of aryl methyl sites for hydroxylation is 1. The summed E-state index contributed by atoms with van der Waals surface area (Å²) in [5.41, 5.74) is 7.00. The van der Waals surface area contributed by atoms with E-state index in [1.165, 1.54) is 0 Å². The first-order valence-electron chi connectivity index (χ1n) is 5.09. The van der Waals surface area contributed by atoms with E-state index in [2.05, 4.69) is 10.3 Å². The lowest BCUT2D eigenvalue weighted by Crippen LogP contribution is -2.35. The normalized spacial score (nSPS) is 12.4. The van der Waals surface area contributed by atoms with E-state index in [1.54, 1.807) is 13.3 Å². The van der Waals surface area contributed by atoms with E-state index in [1.807, 2.05) is 19.1 Å². The monoisotopic (exact) mass is 223 g/mol. The molecule has 0 aromatic carbocycles. The molecule has 88 valence electrons. The lowest BCUT2D eigenvalue weighted by atomic mass is 10.1. The van der Waals surface area contributed by atoms with Crippen molar-refractivity contribution in [2.75, 3.05) is 20.3 Å². The van der Waals surface area contributed by atoms with Crippen molar-refractivity contribution in [3.63, 3.8) is 0 Å². The minimum absolute atomic E-state index is 0.415. The molecule has 5 heteroatoms. The van der Waals surface area contributed by atoms with Gasteiger partial charge in [0, 0.05) is 25.5 Å². The molecule has 0 bridgehead atoms. The van der Waals surface area contributed by atoms with Crippen molar-refractivity contribution >= 4 is 5.91 Å². The van der Waals surface area contributed by atoms with E-state index in [4.69, 9.17) is 10.5 Å². The molecule has 0 aliphatic rings. The van der Waals surface area contributed by atoms with Gasteiger partial charge in [0.15, 0.2) is 0 Å². The Morgan fingerprint density at radius 3 is 2.88 bits per heavy atom. The molecule has 0 saturated carbocycles. The van der Waals surface area contributed by atoms with Crippen LogP contribution in [0.25, 0.3) is 0 Å². The van der Waals surface area contributed by atoms with Gasteiger partial charge in [-0.05, 0) is 18.6 Å². The third kappa shape index (κ3) is 3.60. The Hall–Kier alpha value is -1.46. The summed E-state index contributed by atoms with van der Waals surface area (Å²) >= 11 is 0. The summed E-state index contributed by atoms with van der Waals surface area (Å²) in [6, 6.07) is 3.18. The van der Waals surface area contributed by atoms with Gasteiger partial charge in [0.05, 0.1) is 6.61 Å². The van der Waals surface area contributed by atoms with Crippen molar-refractivity contribution in [1.82, 2.24) is 10.3 Å². The Bertz CT molecular complexity index is 338. The van der Waals surface area contributed by atoms with E-state index in [0.29, 0.717) is 13.2 Å². The summed E-state index contributed by atoms with van der Waals surface area (Å²) in [4.78, 5) is 15.4. The second kappa shape index (κ2) is 6.19. The maximum Gasteiger partial charge on any atom is 0.239 e. The average Bonchev–Trinajstić information content (AvgIpc) is 2.26. The summed E-state index contributed by atoms with van der Waals surface area (Å²) < 4.78 is 4.90. The van der Waals surface area contributed by atoms with Crippen molar-refractivity contribution in [2.45, 2.75) is 13.0 Å². The number of carbonyl (C=O) groups is 1. The molecule has 1 aromatic rings. The van der Waals surface area contributed by atoms with Gasteiger partial charge in [-0.2, -0.15) is 0 Å². The van der Waals surface area contributed by atoms with Gasteiger partial charge in [-0.1, -0.05) is 6.07 Å². The van der Waals surface area contributed by atoms with Gasteiger partial charge in [-0.3, -0.25) is 15.1 Å². The number of ether oxygens (including phenoxy) is 1. The Morgan fingerprint density at radius 2 is 2.38 bits per heavy atom. The molecule has 5 nitrogen and oxygen atoms in total. The van der Waals surface area contributed by atoms with Gasteiger partial charge in [0.25, 0.3) is 0 Å². The molecule has 1 atom stereocenters. The fourth-order valence-electron chi connectivity index (χ4n) is 1.34. The van der Waals surface area contributed by atoms with Crippen LogP contribution < -0.4 is 11.1 Å². The van der Waals surface area contributed by atoms with E-state index in [9.17, 15) is 4.79 Å². The van der Waals surface area contributed by atoms with Crippen LogP contribution in [-0.4, -0.2) is 31.2 Å². The first-order valence-corrected chi connectivity index (χ1v) is 5.09. The maximum absolute atomic E-state index is 11.3. The standard InChI is InChI=1S/C11H17N3O2/c1-8-3-4-9(7-14-8)10(11(12)15)13-5-6-16-2/h3-4,7,10,13H,5-6H2,1-2H3,(H2,12,15). The topological polar surface area (TPSA) is 77.2 Å². The minimum atomic E-state index is -0.511. The van der Waals surface area contributed by atoms with Crippen LogP contribution in [0.5, 0.6) is 0 Å². The van der Waals surface area contributed by atoms with Crippen molar-refractivity contribution in [3.05, 3.63) is 29.6 Å². The Labute approximate surface area is 95.0 Å². The largest absolute Gasteiger partial charge is 0.383 e. The highest BCUT2D eigenvalue weighted by Crippen LogP contribution is 2.11. The molecule has 0 aliphatic heterocycles. The number of hydrogen-bond donors (Lipinski definition) is 2. The average molecular weight is 223 g/mol. The molecule has 1 aromatic heterocycles. The molecule has 1 rings (SSSR count). The first-order chi connectivity index (χ1) is 7.65. The van der Waals surface area contributed by atoms with Crippen LogP contribution in [0.3, 0.4) is 0 Å². The number of amides is 1. The fourth-order valence-corrected chi connectivity index (χ4v) is 1.34. The Morgan fingerprint density at radius 1 is 1.62 bits per heavy atom. The number of nitrogens with two attached hydrogens (primary N) is 1. The van der Waals surface area contributed by atoms with E-state index < -0.39 is 11.9 Å². The second-order valence-electron chi connectivity index (χ2n) is 3.52. The SMILES string of the molecule is COCCNC(C(N)=O)c1ccc(C)nc1. The number of hydrogen-bond acceptors (Lipinski definition) is 4. The Kier molecular flexibility index (Phi) is 4.88. The third-order valence-corrected chi connectivity index (χ3v) is 2.21. The molecule has 16 heavy (non-hydrogen) atoms. The molecule has 1 unspecified atom stereocenters. The number of primary amides is 1. The van der Waals surface area contributed by atoms with Gasteiger partial charge in [-0.15, -0.1) is 0 Å². The number of aromatic nitrogens is 1. The van der Waals surface area contributed by atoms with Gasteiger partial charge < -0.3 is 10.5 Å². The molecule has 0 fully saturated rings. The number of carbonyl (C=O) groups excluding carboxylic acids is 1. The summed E-state index contributed by atoms with van der Waals surface area (Å²) in [7, 11) is 1.61. The molecular formula is C11H17N3O2. The summed E-state index contributed by atoms with van der Waals surface area (Å²) in [6.45, 7) is 2.99. The van der Waals surface area contributed by atoms with Crippen LogP contribution >= 0.6 is 0 Å². The number of methoxy groups -OCH3 is 1. The zero-order valence-electron chi connectivity index (χ0n) is 9.56. The number of pyridine rings is 1. The van der Waals surface area contributed by atoms with Gasteiger partial charge in [-0.25, -0.2) is 0 Å². The van der Waals surface area contributed by atoms with Gasteiger partial charge in [0.2, 0.25) is 5.91 Å². The molecule has 0 saturated heterocycles. The summed E-state index contributed by atoms with van der Waals surface area (Å²) in [5, 5.41) is 3.02. The van der Waals surface area contributed by atoms with Crippen LogP contribution in [0, 0.1) is 6.92 Å². The predicted molar refractivity (Wildman–Crippen MR) is 60.8 cm³/mol. The van der Waals surface area contributed by atoms with E-state index in [-0.39, 0.29) is 0 Å². The van der Waals surface area contributed by atoms with Crippen LogP contribution in [-0.2, 0) is 9.53 Å². The maximum atomic E-state index is 11.3. The van der Waals surface area contributed by atoms with Gasteiger partial charge in [0.1, 0.15) is 6.04 Å². The number of nitrogens with one attached hydrogen (secondary N) is 1. The summed E-state index contributed by atoms with van der Waals surface area (Å²) in [5.74, 6) is -0.415. The molecule has 3 N–H and O–H groups in total. The van der Waals surface area contributed by atoms with E-state index in [0.717, 1.165) is 11.3 Å². The van der Waals surface area contributed by atoms with Crippen molar-refractivity contribution < 1.29 is 9.53 Å². The van der Waals surface area contributed by atoms with Crippen LogP contribution in [0.15, 0.2) is 18.3 Å². The number of rotatable bonds is 6. The molecule has 1 heterocycles. The molecular weight excluding hydrogens is 206 g/mol. The van der Waals surface area contributed by atoms with E-state index >= 15 is 0 Å².